The van der Waals surface area contributed by atoms with Crippen LogP contribution in [0.25, 0.3) is 0 Å². The lowest BCUT2D eigenvalue weighted by Gasteiger charge is -2.28. The molecule has 104 valence electrons. The third kappa shape index (κ3) is 3.95. The van der Waals surface area contributed by atoms with Crippen LogP contribution in [0.5, 0.6) is 0 Å². The minimum atomic E-state index is 0.141. The predicted octanol–water partition coefficient (Wildman–Crippen LogP) is 1.28. The first-order chi connectivity index (χ1) is 8.79. The zero-order chi connectivity index (χ0) is 12.8. The molecule has 0 bridgehead atoms. The van der Waals surface area contributed by atoms with Crippen LogP contribution < -0.4 is 5.32 Å². The monoisotopic (exact) mass is 254 g/mol. The molecule has 0 unspecified atom stereocenters. The zero-order valence-corrected chi connectivity index (χ0v) is 11.2. The van der Waals surface area contributed by atoms with E-state index in [0.717, 1.165) is 12.8 Å². The summed E-state index contributed by atoms with van der Waals surface area (Å²) in [5.74, 6) is 0.141. The minimum Gasteiger partial charge on any atom is -0.395 e. The van der Waals surface area contributed by atoms with E-state index in [2.05, 4.69) is 10.2 Å². The van der Waals surface area contributed by atoms with Gasteiger partial charge in [-0.25, -0.2) is 0 Å². The lowest BCUT2D eigenvalue weighted by molar-refractivity contribution is -0.123. The van der Waals surface area contributed by atoms with E-state index >= 15 is 0 Å². The molecule has 18 heavy (non-hydrogen) atoms. The molecule has 2 saturated carbocycles. The van der Waals surface area contributed by atoms with E-state index in [-0.39, 0.29) is 12.5 Å². The van der Waals surface area contributed by atoms with Gasteiger partial charge in [0.05, 0.1) is 13.2 Å². The number of aliphatic hydroxyl groups excluding tert-OH is 1. The van der Waals surface area contributed by atoms with Crippen LogP contribution >= 0.6 is 0 Å². The van der Waals surface area contributed by atoms with E-state index in [9.17, 15) is 4.79 Å². The normalized spacial score (nSPS) is 21.9. The van der Waals surface area contributed by atoms with Crippen LogP contribution in [0, 0.1) is 0 Å². The first-order valence-electron chi connectivity index (χ1n) is 7.44. The van der Waals surface area contributed by atoms with Crippen molar-refractivity contribution in [2.75, 3.05) is 19.7 Å². The Morgan fingerprint density at radius 2 is 1.72 bits per heavy atom. The van der Waals surface area contributed by atoms with Gasteiger partial charge in [0.15, 0.2) is 0 Å². The fraction of sp³-hybridized carbons (Fsp3) is 0.929. The van der Waals surface area contributed by atoms with Gasteiger partial charge in [-0.3, -0.25) is 9.69 Å². The summed E-state index contributed by atoms with van der Waals surface area (Å²) in [6.07, 6.45) is 9.63. The Morgan fingerprint density at radius 3 is 2.33 bits per heavy atom. The maximum absolute atomic E-state index is 12.0. The average Bonchev–Trinajstić information content (AvgIpc) is 3.00. The van der Waals surface area contributed by atoms with Gasteiger partial charge in [-0.1, -0.05) is 25.7 Å². The van der Waals surface area contributed by atoms with Gasteiger partial charge in [-0.2, -0.15) is 0 Å². The van der Waals surface area contributed by atoms with E-state index in [1.807, 2.05) is 0 Å². The molecule has 2 aliphatic carbocycles. The zero-order valence-electron chi connectivity index (χ0n) is 11.2. The van der Waals surface area contributed by atoms with Crippen molar-refractivity contribution >= 4 is 5.91 Å². The largest absolute Gasteiger partial charge is 0.395 e. The Balaban J connectivity index is 1.77. The van der Waals surface area contributed by atoms with Gasteiger partial charge >= 0.3 is 0 Å². The van der Waals surface area contributed by atoms with Crippen LogP contribution in [-0.4, -0.2) is 47.7 Å². The molecule has 0 heterocycles. The topological polar surface area (TPSA) is 52.6 Å². The molecule has 0 atom stereocenters. The van der Waals surface area contributed by atoms with Crippen molar-refractivity contribution in [1.82, 2.24) is 10.2 Å². The molecule has 0 aromatic heterocycles. The number of aliphatic hydroxyl groups is 1. The summed E-state index contributed by atoms with van der Waals surface area (Å²) >= 11 is 0. The standard InChI is InChI=1S/C14H26N2O2/c17-10-9-16(13-7-3-4-8-13)11-14(18)15-12-5-1-2-6-12/h12-13,17H,1-11H2,(H,15,18). The van der Waals surface area contributed by atoms with Gasteiger partial charge in [-0.15, -0.1) is 0 Å². The molecule has 0 aliphatic heterocycles. The molecule has 2 aliphatic rings. The highest BCUT2D eigenvalue weighted by Gasteiger charge is 2.25. The lowest BCUT2D eigenvalue weighted by Crippen LogP contribution is -2.45. The number of amides is 1. The van der Waals surface area contributed by atoms with Crippen LogP contribution in [0.4, 0.5) is 0 Å². The molecular formula is C14H26N2O2. The van der Waals surface area contributed by atoms with Crippen LogP contribution in [0.1, 0.15) is 51.4 Å². The first kappa shape index (κ1) is 13.8. The highest BCUT2D eigenvalue weighted by molar-refractivity contribution is 5.78. The van der Waals surface area contributed by atoms with Crippen molar-refractivity contribution in [3.63, 3.8) is 0 Å². The second-order valence-corrected chi connectivity index (χ2v) is 5.68. The van der Waals surface area contributed by atoms with Gasteiger partial charge < -0.3 is 10.4 Å². The van der Waals surface area contributed by atoms with E-state index in [1.165, 1.54) is 38.5 Å². The smallest absolute Gasteiger partial charge is 0.234 e. The quantitative estimate of drug-likeness (QED) is 0.751. The Kier molecular flexibility index (Phi) is 5.45. The summed E-state index contributed by atoms with van der Waals surface area (Å²) in [6, 6.07) is 0.906. The number of carbonyl (C=O) groups excluding carboxylic acids is 1. The molecule has 0 saturated heterocycles. The van der Waals surface area contributed by atoms with Crippen molar-refractivity contribution in [3.8, 4) is 0 Å². The SMILES string of the molecule is O=C(CN(CCO)C1CCCC1)NC1CCCC1. The molecule has 2 N–H and O–H groups in total. The van der Waals surface area contributed by atoms with Crippen LogP contribution in [-0.2, 0) is 4.79 Å². The van der Waals surface area contributed by atoms with Crippen molar-refractivity contribution < 1.29 is 9.90 Å². The second kappa shape index (κ2) is 7.10. The van der Waals surface area contributed by atoms with E-state index in [4.69, 9.17) is 5.11 Å². The molecule has 0 aromatic rings. The predicted molar refractivity (Wildman–Crippen MR) is 71.3 cm³/mol. The number of rotatable bonds is 6. The van der Waals surface area contributed by atoms with E-state index < -0.39 is 0 Å². The summed E-state index contributed by atoms with van der Waals surface area (Å²) in [5, 5.41) is 12.2. The molecule has 2 fully saturated rings. The molecule has 4 heteroatoms. The van der Waals surface area contributed by atoms with Gasteiger partial charge in [0, 0.05) is 18.6 Å². The van der Waals surface area contributed by atoms with Crippen molar-refractivity contribution in [3.05, 3.63) is 0 Å². The summed E-state index contributed by atoms with van der Waals surface area (Å²) in [6.45, 7) is 1.23. The Labute approximate surface area is 110 Å². The number of hydrogen-bond donors (Lipinski definition) is 2. The highest BCUT2D eigenvalue weighted by atomic mass is 16.3. The third-order valence-electron chi connectivity index (χ3n) is 4.30. The third-order valence-corrected chi connectivity index (χ3v) is 4.30. The Hall–Kier alpha value is -0.610. The fourth-order valence-corrected chi connectivity index (χ4v) is 3.32. The van der Waals surface area contributed by atoms with Gasteiger partial charge in [0.2, 0.25) is 5.91 Å². The van der Waals surface area contributed by atoms with Gasteiger partial charge in [0.25, 0.3) is 0 Å². The molecular weight excluding hydrogens is 228 g/mol. The van der Waals surface area contributed by atoms with Crippen LogP contribution in [0.2, 0.25) is 0 Å². The van der Waals surface area contributed by atoms with Gasteiger partial charge in [0.1, 0.15) is 0 Å². The Bertz CT molecular complexity index is 259. The average molecular weight is 254 g/mol. The lowest BCUT2D eigenvalue weighted by atomic mass is 10.2. The molecule has 2 rings (SSSR count). The summed E-state index contributed by atoms with van der Waals surface area (Å²) in [7, 11) is 0. The highest BCUT2D eigenvalue weighted by Crippen LogP contribution is 2.23. The van der Waals surface area contributed by atoms with Crippen LogP contribution in [0.15, 0.2) is 0 Å². The molecule has 1 amide bonds. The van der Waals surface area contributed by atoms with Crippen molar-refractivity contribution in [2.45, 2.75) is 63.5 Å². The molecule has 0 aromatic carbocycles. The van der Waals surface area contributed by atoms with Gasteiger partial charge in [-0.05, 0) is 25.7 Å². The summed E-state index contributed by atoms with van der Waals surface area (Å²) in [4.78, 5) is 14.2. The number of hydrogen-bond acceptors (Lipinski definition) is 3. The summed E-state index contributed by atoms with van der Waals surface area (Å²) in [5.41, 5.74) is 0. The number of nitrogens with one attached hydrogen (secondary N) is 1. The molecule has 0 radical (unpaired) electrons. The van der Waals surface area contributed by atoms with Crippen LogP contribution in [0.3, 0.4) is 0 Å². The number of nitrogens with zero attached hydrogens (tertiary/aromatic N) is 1. The Morgan fingerprint density at radius 1 is 1.11 bits per heavy atom. The molecule has 4 nitrogen and oxygen atoms in total. The van der Waals surface area contributed by atoms with Crippen molar-refractivity contribution in [1.29, 1.82) is 0 Å². The maximum atomic E-state index is 12.0. The van der Waals surface area contributed by atoms with Crippen molar-refractivity contribution in [2.24, 2.45) is 0 Å². The minimum absolute atomic E-state index is 0.141. The first-order valence-corrected chi connectivity index (χ1v) is 7.44. The summed E-state index contributed by atoms with van der Waals surface area (Å²) < 4.78 is 0. The maximum Gasteiger partial charge on any atom is 0.234 e. The number of carbonyl (C=O) groups is 1. The second-order valence-electron chi connectivity index (χ2n) is 5.68. The fourth-order valence-electron chi connectivity index (χ4n) is 3.32. The molecule has 0 spiro atoms. The van der Waals surface area contributed by atoms with E-state index in [0.29, 0.717) is 25.2 Å². The van der Waals surface area contributed by atoms with E-state index in [1.54, 1.807) is 0 Å².